The molecule has 0 N–H and O–H groups in total. The van der Waals surface area contributed by atoms with E-state index in [9.17, 15) is 9.59 Å². The van der Waals surface area contributed by atoms with Gasteiger partial charge in [0, 0.05) is 38.4 Å². The third-order valence-electron chi connectivity index (χ3n) is 5.35. The third-order valence-corrected chi connectivity index (χ3v) is 5.35. The van der Waals surface area contributed by atoms with Crippen LogP contribution in [0.5, 0.6) is 5.75 Å². The normalized spacial score (nSPS) is 13.3. The van der Waals surface area contributed by atoms with Crippen molar-refractivity contribution in [2.45, 2.75) is 39.3 Å². The Labute approximate surface area is 162 Å². The molecule has 148 valence electrons. The molecule has 3 heterocycles. The van der Waals surface area contributed by atoms with Gasteiger partial charge < -0.3 is 14.2 Å². The smallest absolute Gasteiger partial charge is 0.332 e. The number of hydrogen-bond donors (Lipinski definition) is 0. The second-order valence-corrected chi connectivity index (χ2v) is 7.09. The number of ether oxygens (including phenoxy) is 1. The fraction of sp³-hybridized carbons (Fsp3) is 0.450. The van der Waals surface area contributed by atoms with Crippen LogP contribution in [0.4, 0.5) is 11.6 Å². The van der Waals surface area contributed by atoms with Gasteiger partial charge in [0.25, 0.3) is 5.56 Å². The number of methoxy groups -OCH3 is 1. The van der Waals surface area contributed by atoms with Gasteiger partial charge in [-0.3, -0.25) is 13.9 Å². The van der Waals surface area contributed by atoms with Crippen LogP contribution in [-0.4, -0.2) is 32.3 Å². The summed E-state index contributed by atoms with van der Waals surface area (Å²) in [4.78, 5) is 32.5. The highest BCUT2D eigenvalue weighted by atomic mass is 16.5. The van der Waals surface area contributed by atoms with Crippen molar-refractivity contribution in [1.82, 2.24) is 18.7 Å². The topological polar surface area (TPSA) is 74.3 Å². The van der Waals surface area contributed by atoms with E-state index < -0.39 is 0 Å². The number of hydrogen-bond acceptors (Lipinski definition) is 5. The number of benzene rings is 1. The maximum atomic E-state index is 13.1. The van der Waals surface area contributed by atoms with Crippen molar-refractivity contribution >= 4 is 22.8 Å². The molecule has 0 atom stereocenters. The largest absolute Gasteiger partial charge is 0.497 e. The molecule has 2 aromatic heterocycles. The lowest BCUT2D eigenvalue weighted by Gasteiger charge is -2.16. The van der Waals surface area contributed by atoms with Crippen molar-refractivity contribution in [2.24, 2.45) is 7.05 Å². The SMILES string of the molecule is CCCCCn1c(=O)c2c(nc3n2CCN3c2cccc(OC)c2)n(C)c1=O. The summed E-state index contributed by atoms with van der Waals surface area (Å²) in [6, 6.07) is 7.74. The quantitative estimate of drug-likeness (QED) is 0.611. The van der Waals surface area contributed by atoms with Crippen molar-refractivity contribution in [1.29, 1.82) is 0 Å². The Hall–Kier alpha value is -3.03. The Morgan fingerprint density at radius 1 is 1.18 bits per heavy atom. The predicted octanol–water partition coefficient (Wildman–Crippen LogP) is 2.25. The first-order chi connectivity index (χ1) is 13.6. The van der Waals surface area contributed by atoms with Crippen LogP contribution >= 0.6 is 0 Å². The van der Waals surface area contributed by atoms with Gasteiger partial charge in [0.1, 0.15) is 5.75 Å². The molecule has 1 aliphatic rings. The molecule has 0 fully saturated rings. The summed E-state index contributed by atoms with van der Waals surface area (Å²) in [5, 5.41) is 0. The molecule has 0 unspecified atom stereocenters. The maximum absolute atomic E-state index is 13.1. The summed E-state index contributed by atoms with van der Waals surface area (Å²) in [6.07, 6.45) is 2.84. The van der Waals surface area contributed by atoms with E-state index in [-0.39, 0.29) is 11.2 Å². The number of aromatic nitrogens is 4. The van der Waals surface area contributed by atoms with Crippen molar-refractivity contribution in [3.8, 4) is 5.75 Å². The third kappa shape index (κ3) is 2.80. The molecule has 0 saturated carbocycles. The number of nitrogens with zero attached hydrogens (tertiary/aromatic N) is 5. The Balaban J connectivity index is 1.85. The minimum Gasteiger partial charge on any atom is -0.497 e. The molecule has 1 aromatic carbocycles. The number of fused-ring (bicyclic) bond motifs is 3. The Bertz CT molecular complexity index is 1140. The predicted molar refractivity (Wildman–Crippen MR) is 109 cm³/mol. The summed E-state index contributed by atoms with van der Waals surface area (Å²) < 4.78 is 10.1. The van der Waals surface area contributed by atoms with Crippen LogP contribution in [0, 0.1) is 0 Å². The fourth-order valence-electron chi connectivity index (χ4n) is 3.82. The van der Waals surface area contributed by atoms with Crippen molar-refractivity contribution in [3.05, 3.63) is 45.1 Å². The highest BCUT2D eigenvalue weighted by molar-refractivity contribution is 5.77. The average molecular weight is 383 g/mol. The molecule has 8 heteroatoms. The molecule has 3 aromatic rings. The Morgan fingerprint density at radius 3 is 2.75 bits per heavy atom. The van der Waals surface area contributed by atoms with Crippen LogP contribution in [-0.2, 0) is 20.1 Å². The molecular weight excluding hydrogens is 358 g/mol. The number of rotatable bonds is 6. The molecule has 0 radical (unpaired) electrons. The van der Waals surface area contributed by atoms with Crippen LogP contribution in [0.25, 0.3) is 11.2 Å². The summed E-state index contributed by atoms with van der Waals surface area (Å²) in [6.45, 7) is 3.89. The van der Waals surface area contributed by atoms with E-state index in [1.54, 1.807) is 14.2 Å². The zero-order chi connectivity index (χ0) is 19.8. The van der Waals surface area contributed by atoms with Crippen LogP contribution < -0.4 is 20.9 Å². The highest BCUT2D eigenvalue weighted by Gasteiger charge is 2.28. The van der Waals surface area contributed by atoms with Gasteiger partial charge in [-0.1, -0.05) is 25.8 Å². The Kier molecular flexibility index (Phi) is 4.70. The van der Waals surface area contributed by atoms with Crippen molar-refractivity contribution in [2.75, 3.05) is 18.6 Å². The minimum absolute atomic E-state index is 0.250. The molecule has 1 aliphatic heterocycles. The van der Waals surface area contributed by atoms with Gasteiger partial charge in [0.05, 0.1) is 7.11 Å². The number of imidazole rings is 1. The molecule has 28 heavy (non-hydrogen) atoms. The van der Waals surface area contributed by atoms with Gasteiger partial charge in [0.15, 0.2) is 11.2 Å². The number of unbranched alkanes of at least 4 members (excludes halogenated alkanes) is 2. The second-order valence-electron chi connectivity index (χ2n) is 7.09. The molecule has 0 amide bonds. The summed E-state index contributed by atoms with van der Waals surface area (Å²) in [7, 11) is 3.31. The van der Waals surface area contributed by atoms with Gasteiger partial charge in [-0.25, -0.2) is 4.79 Å². The van der Waals surface area contributed by atoms with Gasteiger partial charge in [0.2, 0.25) is 5.95 Å². The highest BCUT2D eigenvalue weighted by Crippen LogP contribution is 2.33. The molecule has 0 aliphatic carbocycles. The maximum Gasteiger partial charge on any atom is 0.332 e. The molecule has 4 rings (SSSR count). The van der Waals surface area contributed by atoms with E-state index in [1.807, 2.05) is 33.7 Å². The minimum atomic E-state index is -0.307. The van der Waals surface area contributed by atoms with Crippen LogP contribution in [0.3, 0.4) is 0 Å². The average Bonchev–Trinajstić information content (AvgIpc) is 3.28. The lowest BCUT2D eigenvalue weighted by Crippen LogP contribution is -2.39. The zero-order valence-corrected chi connectivity index (χ0v) is 16.5. The van der Waals surface area contributed by atoms with E-state index in [4.69, 9.17) is 4.74 Å². The molecular formula is C20H25N5O3. The fourth-order valence-corrected chi connectivity index (χ4v) is 3.82. The van der Waals surface area contributed by atoms with E-state index in [0.717, 1.165) is 30.7 Å². The monoisotopic (exact) mass is 383 g/mol. The van der Waals surface area contributed by atoms with E-state index in [2.05, 4.69) is 11.9 Å². The van der Waals surface area contributed by atoms with Gasteiger partial charge in [-0.2, -0.15) is 4.98 Å². The molecule has 0 saturated heterocycles. The number of aryl methyl sites for hydroxylation is 1. The first kappa shape index (κ1) is 18.3. The van der Waals surface area contributed by atoms with Crippen molar-refractivity contribution in [3.63, 3.8) is 0 Å². The van der Waals surface area contributed by atoms with E-state index >= 15 is 0 Å². The lowest BCUT2D eigenvalue weighted by atomic mass is 10.2. The summed E-state index contributed by atoms with van der Waals surface area (Å²) >= 11 is 0. The van der Waals surface area contributed by atoms with Gasteiger partial charge in [-0.05, 0) is 18.6 Å². The summed E-state index contributed by atoms with van der Waals surface area (Å²) in [5.41, 5.74) is 1.32. The first-order valence-electron chi connectivity index (χ1n) is 9.68. The van der Waals surface area contributed by atoms with Gasteiger partial charge in [-0.15, -0.1) is 0 Å². The second kappa shape index (κ2) is 7.18. The standard InChI is InChI=1S/C20H25N5O3/c1-4-5-6-10-25-18(26)16-17(22(2)20(25)27)21-19-23(11-12-24(16)19)14-8-7-9-15(13-14)28-3/h7-9,13H,4-6,10-12H2,1-3H3. The van der Waals surface area contributed by atoms with Crippen molar-refractivity contribution < 1.29 is 4.74 Å². The van der Waals surface area contributed by atoms with E-state index in [1.165, 1.54) is 9.13 Å². The zero-order valence-electron chi connectivity index (χ0n) is 16.5. The van der Waals surface area contributed by atoms with Gasteiger partial charge >= 0.3 is 5.69 Å². The molecule has 0 spiro atoms. The molecule has 0 bridgehead atoms. The lowest BCUT2D eigenvalue weighted by molar-refractivity contribution is 0.415. The number of anilines is 2. The van der Waals surface area contributed by atoms with E-state index in [0.29, 0.717) is 36.7 Å². The van der Waals surface area contributed by atoms with Crippen LogP contribution in [0.15, 0.2) is 33.9 Å². The van der Waals surface area contributed by atoms with Crippen LogP contribution in [0.2, 0.25) is 0 Å². The van der Waals surface area contributed by atoms with Crippen LogP contribution in [0.1, 0.15) is 26.2 Å². The molecule has 8 nitrogen and oxygen atoms in total. The summed E-state index contributed by atoms with van der Waals surface area (Å²) in [5.74, 6) is 1.44. The Morgan fingerprint density at radius 2 is 2.00 bits per heavy atom. The first-order valence-corrected chi connectivity index (χ1v) is 9.68.